The van der Waals surface area contributed by atoms with E-state index in [1.807, 2.05) is 13.8 Å². The fourth-order valence-corrected chi connectivity index (χ4v) is 1.70. The van der Waals surface area contributed by atoms with Crippen molar-refractivity contribution in [1.29, 1.82) is 0 Å². The molecule has 0 aliphatic carbocycles. The van der Waals surface area contributed by atoms with Gasteiger partial charge in [0.15, 0.2) is 6.61 Å². The smallest absolute Gasteiger partial charge is 0.255 e. The summed E-state index contributed by atoms with van der Waals surface area (Å²) >= 11 is 0. The first-order chi connectivity index (χ1) is 9.51. The van der Waals surface area contributed by atoms with E-state index in [4.69, 9.17) is 10.5 Å². The van der Waals surface area contributed by atoms with Gasteiger partial charge in [-0.3, -0.25) is 9.59 Å². The molecule has 0 saturated carbocycles. The molecule has 6 heteroatoms. The average molecular weight is 279 g/mol. The molecule has 1 atom stereocenters. The molecule has 0 fully saturated rings. The predicted octanol–water partition coefficient (Wildman–Crippen LogP) is 0.877. The van der Waals surface area contributed by atoms with E-state index in [0.717, 1.165) is 6.54 Å². The van der Waals surface area contributed by atoms with Crippen LogP contribution in [-0.2, 0) is 9.59 Å². The van der Waals surface area contributed by atoms with Gasteiger partial charge in [0, 0.05) is 18.2 Å². The molecule has 1 aromatic rings. The number of carbonyl (C=O) groups is 2. The molecule has 0 aliphatic rings. The molecule has 0 aliphatic heterocycles. The van der Waals surface area contributed by atoms with E-state index in [-0.39, 0.29) is 18.6 Å². The molecular weight excluding hydrogens is 258 g/mol. The average Bonchev–Trinajstić information content (AvgIpc) is 2.37. The van der Waals surface area contributed by atoms with Crippen LogP contribution in [0.4, 0.5) is 5.69 Å². The van der Waals surface area contributed by atoms with Gasteiger partial charge in [-0.25, -0.2) is 0 Å². The van der Waals surface area contributed by atoms with Crippen molar-refractivity contribution in [2.75, 3.05) is 18.5 Å². The number of carbonyl (C=O) groups excluding carboxylic acids is 2. The van der Waals surface area contributed by atoms with Crippen molar-refractivity contribution in [1.82, 2.24) is 5.32 Å². The molecular formula is C14H21N3O3. The van der Waals surface area contributed by atoms with Crippen molar-refractivity contribution < 1.29 is 14.3 Å². The number of primary amides is 1. The Hall–Kier alpha value is -2.08. The second kappa shape index (κ2) is 8.16. The van der Waals surface area contributed by atoms with Crippen molar-refractivity contribution in [3.63, 3.8) is 0 Å². The van der Waals surface area contributed by atoms with E-state index in [0.29, 0.717) is 17.9 Å². The van der Waals surface area contributed by atoms with E-state index in [1.165, 1.54) is 0 Å². The zero-order chi connectivity index (χ0) is 15.0. The molecule has 20 heavy (non-hydrogen) atoms. The standard InChI is InChI=1S/C14H21N3O3/c1-3-16-10(2)8-14(19)17-11-4-6-12(7-5-11)20-9-13(15)18/h4-7,10,16H,3,8-9H2,1-2H3,(H2,15,18)(H,17,19). The van der Waals surface area contributed by atoms with Crippen molar-refractivity contribution in [3.05, 3.63) is 24.3 Å². The van der Waals surface area contributed by atoms with E-state index in [2.05, 4.69) is 10.6 Å². The lowest BCUT2D eigenvalue weighted by Crippen LogP contribution is -2.30. The number of nitrogens with one attached hydrogen (secondary N) is 2. The van der Waals surface area contributed by atoms with Gasteiger partial charge in [0.2, 0.25) is 5.91 Å². The summed E-state index contributed by atoms with van der Waals surface area (Å²) in [5, 5.41) is 5.97. The molecule has 0 radical (unpaired) electrons. The molecule has 0 heterocycles. The van der Waals surface area contributed by atoms with Crippen LogP contribution in [0.1, 0.15) is 20.3 Å². The van der Waals surface area contributed by atoms with Crippen LogP contribution in [0.5, 0.6) is 5.75 Å². The summed E-state index contributed by atoms with van der Waals surface area (Å²) in [6.07, 6.45) is 0.410. The van der Waals surface area contributed by atoms with Gasteiger partial charge in [-0.05, 0) is 37.7 Å². The first-order valence-corrected chi connectivity index (χ1v) is 6.55. The van der Waals surface area contributed by atoms with Crippen LogP contribution in [0.2, 0.25) is 0 Å². The zero-order valence-corrected chi connectivity index (χ0v) is 11.8. The molecule has 0 spiro atoms. The minimum Gasteiger partial charge on any atom is -0.484 e. The van der Waals surface area contributed by atoms with Gasteiger partial charge in [-0.15, -0.1) is 0 Å². The van der Waals surface area contributed by atoms with Crippen LogP contribution in [-0.4, -0.2) is 31.0 Å². The lowest BCUT2D eigenvalue weighted by molar-refractivity contribution is -0.120. The summed E-state index contributed by atoms with van der Waals surface area (Å²) in [6.45, 7) is 4.63. The Morgan fingerprint density at radius 2 is 1.95 bits per heavy atom. The Morgan fingerprint density at radius 3 is 2.50 bits per heavy atom. The molecule has 1 rings (SSSR count). The predicted molar refractivity (Wildman–Crippen MR) is 77.5 cm³/mol. The highest BCUT2D eigenvalue weighted by Gasteiger charge is 2.08. The van der Waals surface area contributed by atoms with Gasteiger partial charge in [0.1, 0.15) is 5.75 Å². The maximum absolute atomic E-state index is 11.8. The van der Waals surface area contributed by atoms with Gasteiger partial charge >= 0.3 is 0 Å². The maximum atomic E-state index is 11.8. The first-order valence-electron chi connectivity index (χ1n) is 6.55. The lowest BCUT2D eigenvalue weighted by atomic mass is 10.2. The number of hydrogen-bond donors (Lipinski definition) is 3. The van der Waals surface area contributed by atoms with Crippen molar-refractivity contribution in [3.8, 4) is 5.75 Å². The van der Waals surface area contributed by atoms with Gasteiger partial charge in [0.25, 0.3) is 5.91 Å². The normalized spacial score (nSPS) is 11.7. The van der Waals surface area contributed by atoms with Crippen LogP contribution in [0.15, 0.2) is 24.3 Å². The quantitative estimate of drug-likeness (QED) is 0.658. The second-order valence-corrected chi connectivity index (χ2v) is 4.49. The maximum Gasteiger partial charge on any atom is 0.255 e. The molecule has 6 nitrogen and oxygen atoms in total. The molecule has 0 saturated heterocycles. The first kappa shape index (κ1) is 16.0. The van der Waals surface area contributed by atoms with Crippen LogP contribution < -0.4 is 21.1 Å². The highest BCUT2D eigenvalue weighted by molar-refractivity contribution is 5.91. The van der Waals surface area contributed by atoms with Gasteiger partial charge < -0.3 is 21.1 Å². The summed E-state index contributed by atoms with van der Waals surface area (Å²) < 4.78 is 5.13. The fraction of sp³-hybridized carbons (Fsp3) is 0.429. The Kier molecular flexibility index (Phi) is 6.52. The number of benzene rings is 1. The summed E-state index contributed by atoms with van der Waals surface area (Å²) in [5.74, 6) is -0.0492. The number of nitrogens with two attached hydrogens (primary N) is 1. The highest BCUT2D eigenvalue weighted by atomic mass is 16.5. The Balaban J connectivity index is 2.44. The van der Waals surface area contributed by atoms with E-state index >= 15 is 0 Å². The number of amides is 2. The van der Waals surface area contributed by atoms with E-state index in [1.54, 1.807) is 24.3 Å². The Labute approximate surface area is 118 Å². The van der Waals surface area contributed by atoms with E-state index < -0.39 is 5.91 Å². The Bertz CT molecular complexity index is 445. The third-order valence-corrected chi connectivity index (χ3v) is 2.56. The number of hydrogen-bond acceptors (Lipinski definition) is 4. The summed E-state index contributed by atoms with van der Waals surface area (Å²) in [5.41, 5.74) is 5.67. The largest absolute Gasteiger partial charge is 0.484 e. The highest BCUT2D eigenvalue weighted by Crippen LogP contribution is 2.15. The third-order valence-electron chi connectivity index (χ3n) is 2.56. The molecule has 1 aromatic carbocycles. The molecule has 2 amide bonds. The van der Waals surface area contributed by atoms with Gasteiger partial charge in [-0.1, -0.05) is 6.92 Å². The fourth-order valence-electron chi connectivity index (χ4n) is 1.70. The Morgan fingerprint density at radius 1 is 1.30 bits per heavy atom. The molecule has 4 N–H and O–H groups in total. The van der Waals surface area contributed by atoms with Gasteiger partial charge in [-0.2, -0.15) is 0 Å². The summed E-state index contributed by atoms with van der Waals surface area (Å²) in [7, 11) is 0. The summed E-state index contributed by atoms with van der Waals surface area (Å²) in [6, 6.07) is 6.91. The van der Waals surface area contributed by atoms with Crippen molar-refractivity contribution >= 4 is 17.5 Å². The molecule has 1 unspecified atom stereocenters. The lowest BCUT2D eigenvalue weighted by Gasteiger charge is -2.12. The SMILES string of the molecule is CCNC(C)CC(=O)Nc1ccc(OCC(N)=O)cc1. The summed E-state index contributed by atoms with van der Waals surface area (Å²) in [4.78, 5) is 22.3. The molecule has 0 bridgehead atoms. The number of ether oxygens (including phenoxy) is 1. The zero-order valence-electron chi connectivity index (χ0n) is 11.8. The van der Waals surface area contributed by atoms with Crippen LogP contribution in [0, 0.1) is 0 Å². The second-order valence-electron chi connectivity index (χ2n) is 4.49. The van der Waals surface area contributed by atoms with Crippen LogP contribution >= 0.6 is 0 Å². The van der Waals surface area contributed by atoms with Crippen LogP contribution in [0.25, 0.3) is 0 Å². The number of anilines is 1. The van der Waals surface area contributed by atoms with Crippen molar-refractivity contribution in [2.24, 2.45) is 5.73 Å². The van der Waals surface area contributed by atoms with Crippen LogP contribution in [0.3, 0.4) is 0 Å². The van der Waals surface area contributed by atoms with Gasteiger partial charge in [0.05, 0.1) is 0 Å². The van der Waals surface area contributed by atoms with E-state index in [9.17, 15) is 9.59 Å². The minimum absolute atomic E-state index is 0.0516. The number of rotatable bonds is 8. The van der Waals surface area contributed by atoms with Crippen molar-refractivity contribution in [2.45, 2.75) is 26.3 Å². The molecule has 110 valence electrons. The topological polar surface area (TPSA) is 93.4 Å². The minimum atomic E-state index is -0.528. The third kappa shape index (κ3) is 6.19. The monoisotopic (exact) mass is 279 g/mol. The molecule has 0 aromatic heterocycles.